The van der Waals surface area contributed by atoms with Crippen molar-refractivity contribution in [2.24, 2.45) is 0 Å². The molecule has 0 aliphatic carbocycles. The van der Waals surface area contributed by atoms with Crippen LogP contribution < -0.4 is 5.73 Å². The molecule has 5 nitrogen and oxygen atoms in total. The standard InChI is InChI=1S/C7H4F3N3O2/c8-7(9,10)4-2-14-5(13-4)3-1-12-6(11)15-3/h1-2H,(H2,11,12). The number of halogens is 3. The van der Waals surface area contributed by atoms with Crippen LogP contribution in [0.1, 0.15) is 5.69 Å². The molecule has 0 atom stereocenters. The first-order chi connectivity index (χ1) is 6.97. The number of hydrogen-bond donors (Lipinski definition) is 1. The fraction of sp³-hybridized carbons (Fsp3) is 0.143. The van der Waals surface area contributed by atoms with Crippen molar-refractivity contribution in [3.05, 3.63) is 18.2 Å². The highest BCUT2D eigenvalue weighted by Crippen LogP contribution is 2.30. The molecule has 80 valence electrons. The molecule has 2 N–H and O–H groups in total. The second-order valence-corrected chi connectivity index (χ2v) is 2.60. The van der Waals surface area contributed by atoms with Crippen LogP contribution in [0.25, 0.3) is 11.7 Å². The van der Waals surface area contributed by atoms with E-state index in [1.165, 1.54) is 0 Å². The summed E-state index contributed by atoms with van der Waals surface area (Å²) in [5, 5.41) is 0. The summed E-state index contributed by atoms with van der Waals surface area (Å²) in [7, 11) is 0. The van der Waals surface area contributed by atoms with Crippen LogP contribution in [0.3, 0.4) is 0 Å². The molecular weight excluding hydrogens is 215 g/mol. The van der Waals surface area contributed by atoms with E-state index < -0.39 is 11.9 Å². The first-order valence-corrected chi connectivity index (χ1v) is 3.71. The van der Waals surface area contributed by atoms with Crippen LogP contribution in [0.5, 0.6) is 0 Å². The van der Waals surface area contributed by atoms with E-state index >= 15 is 0 Å². The van der Waals surface area contributed by atoms with Crippen molar-refractivity contribution in [1.29, 1.82) is 0 Å². The zero-order valence-corrected chi connectivity index (χ0v) is 7.08. The predicted molar refractivity (Wildman–Crippen MR) is 41.4 cm³/mol. The van der Waals surface area contributed by atoms with Crippen LogP contribution in [0, 0.1) is 0 Å². The molecule has 0 spiro atoms. The Kier molecular flexibility index (Phi) is 1.92. The Morgan fingerprint density at radius 3 is 2.53 bits per heavy atom. The normalized spacial score (nSPS) is 11.9. The summed E-state index contributed by atoms with van der Waals surface area (Å²) < 4.78 is 45.7. The lowest BCUT2D eigenvalue weighted by Gasteiger charge is -1.97. The summed E-state index contributed by atoms with van der Waals surface area (Å²) in [6, 6.07) is -0.170. The largest absolute Gasteiger partial charge is 0.442 e. The van der Waals surface area contributed by atoms with Crippen LogP contribution in [-0.2, 0) is 6.18 Å². The Labute approximate surface area is 80.7 Å². The lowest BCUT2D eigenvalue weighted by molar-refractivity contribution is -0.141. The SMILES string of the molecule is Nc1ncc(-c2nc(C(F)(F)F)co2)o1. The lowest BCUT2D eigenvalue weighted by Crippen LogP contribution is -2.04. The van der Waals surface area contributed by atoms with Gasteiger partial charge in [0.1, 0.15) is 6.26 Å². The van der Waals surface area contributed by atoms with Crippen molar-refractivity contribution < 1.29 is 22.0 Å². The van der Waals surface area contributed by atoms with Crippen LogP contribution in [0.4, 0.5) is 19.2 Å². The topological polar surface area (TPSA) is 78.1 Å². The van der Waals surface area contributed by atoms with E-state index in [0.717, 1.165) is 6.20 Å². The van der Waals surface area contributed by atoms with Gasteiger partial charge < -0.3 is 14.6 Å². The zero-order valence-electron chi connectivity index (χ0n) is 7.08. The number of anilines is 1. The third-order valence-corrected chi connectivity index (χ3v) is 1.53. The van der Waals surface area contributed by atoms with E-state index in [9.17, 15) is 13.2 Å². The summed E-state index contributed by atoms with van der Waals surface area (Å²) in [5.74, 6) is -0.366. The van der Waals surface area contributed by atoms with Gasteiger partial charge in [-0.3, -0.25) is 0 Å². The number of nitrogens with two attached hydrogens (primary N) is 1. The van der Waals surface area contributed by atoms with E-state index in [1.807, 2.05) is 0 Å². The molecule has 0 bridgehead atoms. The van der Waals surface area contributed by atoms with Crippen molar-refractivity contribution in [2.45, 2.75) is 6.18 Å². The van der Waals surface area contributed by atoms with Crippen LogP contribution in [0.2, 0.25) is 0 Å². The minimum Gasteiger partial charge on any atom is -0.442 e. The van der Waals surface area contributed by atoms with Crippen molar-refractivity contribution in [3.63, 3.8) is 0 Å². The van der Waals surface area contributed by atoms with Crippen molar-refractivity contribution in [1.82, 2.24) is 9.97 Å². The molecule has 0 fully saturated rings. The van der Waals surface area contributed by atoms with Gasteiger partial charge in [0.25, 0.3) is 11.9 Å². The van der Waals surface area contributed by atoms with E-state index in [1.54, 1.807) is 0 Å². The Morgan fingerprint density at radius 1 is 1.33 bits per heavy atom. The fourth-order valence-electron chi connectivity index (χ4n) is 0.904. The molecule has 0 aliphatic rings. The molecule has 0 saturated carbocycles. The maximum atomic E-state index is 12.1. The number of alkyl halides is 3. The Hall–Kier alpha value is -1.99. The van der Waals surface area contributed by atoms with Gasteiger partial charge in [-0.05, 0) is 0 Å². The van der Waals surface area contributed by atoms with Gasteiger partial charge in [-0.1, -0.05) is 0 Å². The summed E-state index contributed by atoms with van der Waals surface area (Å²) in [5.41, 5.74) is 4.01. The highest BCUT2D eigenvalue weighted by molar-refractivity contribution is 5.44. The quantitative estimate of drug-likeness (QED) is 0.792. The minimum atomic E-state index is -4.55. The van der Waals surface area contributed by atoms with Crippen LogP contribution in [0.15, 0.2) is 21.3 Å². The van der Waals surface area contributed by atoms with Gasteiger partial charge in [0, 0.05) is 0 Å². The lowest BCUT2D eigenvalue weighted by atomic mass is 10.5. The third-order valence-electron chi connectivity index (χ3n) is 1.53. The summed E-state index contributed by atoms with van der Waals surface area (Å²) in [4.78, 5) is 6.68. The molecule has 0 aromatic carbocycles. The van der Waals surface area contributed by atoms with E-state index in [2.05, 4.69) is 14.4 Å². The molecule has 15 heavy (non-hydrogen) atoms. The summed E-state index contributed by atoms with van der Waals surface area (Å²) >= 11 is 0. The molecule has 8 heteroatoms. The van der Waals surface area contributed by atoms with Gasteiger partial charge >= 0.3 is 6.18 Å². The van der Waals surface area contributed by atoms with E-state index in [0.29, 0.717) is 6.26 Å². The molecule has 0 unspecified atom stereocenters. The van der Waals surface area contributed by atoms with Gasteiger partial charge in [-0.15, -0.1) is 0 Å². The number of rotatable bonds is 1. The highest BCUT2D eigenvalue weighted by Gasteiger charge is 2.35. The first-order valence-electron chi connectivity index (χ1n) is 3.71. The molecular formula is C7H4F3N3O2. The Balaban J connectivity index is 2.36. The second kappa shape index (κ2) is 3.01. The minimum absolute atomic E-state index is 0.0528. The maximum absolute atomic E-state index is 12.1. The average Bonchev–Trinajstić information content (AvgIpc) is 2.69. The van der Waals surface area contributed by atoms with E-state index in [-0.39, 0.29) is 17.7 Å². The number of nitrogens with zero attached hydrogens (tertiary/aromatic N) is 2. The van der Waals surface area contributed by atoms with Gasteiger partial charge in [0.2, 0.25) is 5.76 Å². The van der Waals surface area contributed by atoms with Crippen molar-refractivity contribution in [2.75, 3.05) is 5.73 Å². The number of nitrogen functional groups attached to an aromatic ring is 1. The van der Waals surface area contributed by atoms with Crippen LogP contribution >= 0.6 is 0 Å². The molecule has 2 heterocycles. The Morgan fingerprint density at radius 2 is 2.07 bits per heavy atom. The average molecular weight is 219 g/mol. The number of oxazole rings is 2. The summed E-state index contributed by atoms with van der Waals surface area (Å²) in [6.45, 7) is 0. The molecule has 2 rings (SSSR count). The molecule has 2 aromatic heterocycles. The van der Waals surface area contributed by atoms with Crippen molar-refractivity contribution >= 4 is 6.01 Å². The van der Waals surface area contributed by atoms with Gasteiger partial charge in [-0.2, -0.15) is 13.2 Å². The smallest absolute Gasteiger partial charge is 0.436 e. The summed E-state index contributed by atoms with van der Waals surface area (Å²) in [6.07, 6.45) is -2.93. The van der Waals surface area contributed by atoms with Gasteiger partial charge in [-0.25, -0.2) is 9.97 Å². The molecule has 0 radical (unpaired) electrons. The van der Waals surface area contributed by atoms with E-state index in [4.69, 9.17) is 10.2 Å². The first kappa shape index (κ1) is 9.56. The van der Waals surface area contributed by atoms with Crippen LogP contribution in [-0.4, -0.2) is 9.97 Å². The van der Waals surface area contributed by atoms with Gasteiger partial charge in [0.15, 0.2) is 5.69 Å². The van der Waals surface area contributed by atoms with Crippen molar-refractivity contribution in [3.8, 4) is 11.7 Å². The number of aromatic nitrogens is 2. The molecule has 0 amide bonds. The maximum Gasteiger partial charge on any atom is 0.436 e. The fourth-order valence-corrected chi connectivity index (χ4v) is 0.904. The number of hydrogen-bond acceptors (Lipinski definition) is 5. The highest BCUT2D eigenvalue weighted by atomic mass is 19.4. The molecule has 2 aromatic rings. The Bertz CT molecular complexity index is 474. The zero-order chi connectivity index (χ0) is 11.1. The monoisotopic (exact) mass is 219 g/mol. The second-order valence-electron chi connectivity index (χ2n) is 2.60. The third kappa shape index (κ3) is 1.78. The molecule has 0 aliphatic heterocycles. The molecule has 0 saturated heterocycles. The van der Waals surface area contributed by atoms with Gasteiger partial charge in [0.05, 0.1) is 6.20 Å². The predicted octanol–water partition coefficient (Wildman–Crippen LogP) is 1.93.